The smallest absolute Gasteiger partial charge is 0.158 e. The summed E-state index contributed by atoms with van der Waals surface area (Å²) in [6.45, 7) is 1.66. The second-order valence-electron chi connectivity index (χ2n) is 2.99. The van der Waals surface area contributed by atoms with E-state index in [2.05, 4.69) is 15.1 Å². The van der Waals surface area contributed by atoms with Gasteiger partial charge in [-0.2, -0.15) is 5.10 Å². The lowest BCUT2D eigenvalue weighted by atomic mass is 10.3. The maximum atomic E-state index is 9.09. The molecule has 15 heavy (non-hydrogen) atoms. The highest BCUT2D eigenvalue weighted by Crippen LogP contribution is 2.21. The number of hydrogen-bond acceptors (Lipinski definition) is 4. The Morgan fingerprint density at radius 1 is 1.53 bits per heavy atom. The van der Waals surface area contributed by atoms with Crippen molar-refractivity contribution in [1.29, 1.82) is 0 Å². The van der Waals surface area contributed by atoms with E-state index < -0.39 is 0 Å². The number of rotatable bonds is 2. The van der Waals surface area contributed by atoms with Crippen molar-refractivity contribution >= 4 is 11.6 Å². The van der Waals surface area contributed by atoms with Gasteiger partial charge in [0.25, 0.3) is 0 Å². The SMILES string of the molecule is Cc1nn(-c2ccncn2)c(Cl)c1CO. The number of halogens is 1. The van der Waals surface area contributed by atoms with E-state index in [1.165, 1.54) is 11.0 Å². The first kappa shape index (κ1) is 10.1. The van der Waals surface area contributed by atoms with Crippen LogP contribution in [0.4, 0.5) is 0 Å². The molecule has 0 saturated heterocycles. The van der Waals surface area contributed by atoms with Gasteiger partial charge >= 0.3 is 0 Å². The maximum absolute atomic E-state index is 9.09. The Morgan fingerprint density at radius 2 is 2.33 bits per heavy atom. The van der Waals surface area contributed by atoms with E-state index in [1.807, 2.05) is 0 Å². The molecule has 0 aliphatic heterocycles. The number of aryl methyl sites for hydroxylation is 1. The van der Waals surface area contributed by atoms with Crippen LogP contribution >= 0.6 is 11.6 Å². The Kier molecular flexibility index (Phi) is 2.66. The van der Waals surface area contributed by atoms with Crippen LogP contribution in [0, 0.1) is 6.92 Å². The number of aromatic nitrogens is 4. The predicted molar refractivity (Wildman–Crippen MR) is 54.8 cm³/mol. The van der Waals surface area contributed by atoms with Crippen LogP contribution in [0.1, 0.15) is 11.3 Å². The Labute approximate surface area is 91.4 Å². The van der Waals surface area contributed by atoms with Gasteiger partial charge in [-0.3, -0.25) is 0 Å². The molecule has 0 saturated carbocycles. The van der Waals surface area contributed by atoms with Crippen LogP contribution in [-0.4, -0.2) is 24.9 Å². The molecule has 0 radical (unpaired) electrons. The Hall–Kier alpha value is -1.46. The lowest BCUT2D eigenvalue weighted by Crippen LogP contribution is -1.99. The number of aliphatic hydroxyl groups is 1. The van der Waals surface area contributed by atoms with Crippen molar-refractivity contribution in [2.24, 2.45) is 0 Å². The first-order valence-electron chi connectivity index (χ1n) is 4.35. The van der Waals surface area contributed by atoms with Crippen LogP contribution in [0.2, 0.25) is 5.15 Å². The summed E-state index contributed by atoms with van der Waals surface area (Å²) in [5.41, 5.74) is 1.32. The van der Waals surface area contributed by atoms with E-state index >= 15 is 0 Å². The van der Waals surface area contributed by atoms with Crippen LogP contribution in [0.5, 0.6) is 0 Å². The highest BCUT2D eigenvalue weighted by molar-refractivity contribution is 6.30. The molecule has 2 heterocycles. The zero-order valence-electron chi connectivity index (χ0n) is 8.05. The summed E-state index contributed by atoms with van der Waals surface area (Å²) in [5.74, 6) is 0.581. The fraction of sp³-hybridized carbons (Fsp3) is 0.222. The molecule has 0 aromatic carbocycles. The summed E-state index contributed by atoms with van der Waals surface area (Å²) in [6, 6.07) is 1.69. The van der Waals surface area contributed by atoms with Crippen molar-refractivity contribution < 1.29 is 5.11 Å². The normalized spacial score (nSPS) is 10.6. The van der Waals surface area contributed by atoms with Crippen LogP contribution < -0.4 is 0 Å². The summed E-state index contributed by atoms with van der Waals surface area (Å²) >= 11 is 6.04. The Morgan fingerprint density at radius 3 is 2.87 bits per heavy atom. The van der Waals surface area contributed by atoms with Gasteiger partial charge in [-0.1, -0.05) is 11.6 Å². The second-order valence-corrected chi connectivity index (χ2v) is 3.35. The monoisotopic (exact) mass is 224 g/mol. The zero-order valence-corrected chi connectivity index (χ0v) is 8.81. The van der Waals surface area contributed by atoms with E-state index in [9.17, 15) is 0 Å². The molecule has 2 rings (SSSR count). The van der Waals surface area contributed by atoms with Crippen LogP contribution in [0.3, 0.4) is 0 Å². The molecule has 0 unspecified atom stereocenters. The molecule has 1 N–H and O–H groups in total. The summed E-state index contributed by atoms with van der Waals surface area (Å²) in [6.07, 6.45) is 3.02. The molecular weight excluding hydrogens is 216 g/mol. The van der Waals surface area contributed by atoms with Gasteiger partial charge in [0.05, 0.1) is 12.3 Å². The van der Waals surface area contributed by atoms with Gasteiger partial charge in [-0.15, -0.1) is 0 Å². The minimum absolute atomic E-state index is 0.129. The van der Waals surface area contributed by atoms with Gasteiger partial charge in [-0.25, -0.2) is 14.6 Å². The largest absolute Gasteiger partial charge is 0.391 e. The van der Waals surface area contributed by atoms with Crippen LogP contribution in [0.15, 0.2) is 18.6 Å². The molecule has 2 aromatic heterocycles. The zero-order chi connectivity index (χ0) is 10.8. The van der Waals surface area contributed by atoms with Crippen molar-refractivity contribution in [1.82, 2.24) is 19.7 Å². The molecule has 2 aromatic rings. The summed E-state index contributed by atoms with van der Waals surface area (Å²) in [7, 11) is 0. The molecule has 0 aliphatic rings. The van der Waals surface area contributed by atoms with Crippen molar-refractivity contribution in [3.8, 4) is 5.82 Å². The average molecular weight is 225 g/mol. The van der Waals surface area contributed by atoms with Crippen LogP contribution in [-0.2, 0) is 6.61 Å². The standard InChI is InChI=1S/C9H9ClN4O/c1-6-7(4-15)9(10)14(13-6)8-2-3-11-5-12-8/h2-3,5,15H,4H2,1H3. The minimum atomic E-state index is -0.129. The van der Waals surface area contributed by atoms with E-state index in [0.717, 1.165) is 0 Å². The Bertz CT molecular complexity index is 468. The third-order valence-electron chi connectivity index (χ3n) is 2.06. The molecule has 78 valence electrons. The Balaban J connectivity index is 2.55. The van der Waals surface area contributed by atoms with Crippen molar-refractivity contribution in [2.75, 3.05) is 0 Å². The molecule has 0 fully saturated rings. The van der Waals surface area contributed by atoms with Crippen molar-refractivity contribution in [3.63, 3.8) is 0 Å². The molecular formula is C9H9ClN4O. The summed E-state index contributed by atoms with van der Waals surface area (Å²) < 4.78 is 1.48. The fourth-order valence-electron chi connectivity index (χ4n) is 1.27. The lowest BCUT2D eigenvalue weighted by Gasteiger charge is -2.00. The van der Waals surface area contributed by atoms with E-state index in [-0.39, 0.29) is 6.61 Å². The molecule has 5 nitrogen and oxygen atoms in total. The third-order valence-corrected chi connectivity index (χ3v) is 2.45. The molecule has 0 spiro atoms. The predicted octanol–water partition coefficient (Wildman–Crippen LogP) is 1.12. The molecule has 0 bridgehead atoms. The van der Waals surface area contributed by atoms with Gasteiger partial charge in [0.1, 0.15) is 11.5 Å². The number of aliphatic hydroxyl groups excluding tert-OH is 1. The van der Waals surface area contributed by atoms with E-state index in [1.54, 1.807) is 19.2 Å². The maximum Gasteiger partial charge on any atom is 0.158 e. The van der Waals surface area contributed by atoms with Crippen LogP contribution in [0.25, 0.3) is 5.82 Å². The first-order valence-corrected chi connectivity index (χ1v) is 4.73. The fourth-order valence-corrected chi connectivity index (χ4v) is 1.59. The number of hydrogen-bond donors (Lipinski definition) is 1. The van der Waals surface area contributed by atoms with Crippen molar-refractivity contribution in [3.05, 3.63) is 35.0 Å². The second kappa shape index (κ2) is 3.96. The van der Waals surface area contributed by atoms with E-state index in [4.69, 9.17) is 16.7 Å². The summed E-state index contributed by atoms with van der Waals surface area (Å²) in [4.78, 5) is 7.83. The number of nitrogens with zero attached hydrogens (tertiary/aromatic N) is 4. The van der Waals surface area contributed by atoms with Gasteiger partial charge in [0, 0.05) is 17.8 Å². The van der Waals surface area contributed by atoms with Gasteiger partial charge in [0.15, 0.2) is 5.82 Å². The lowest BCUT2D eigenvalue weighted by molar-refractivity contribution is 0.281. The van der Waals surface area contributed by atoms with Gasteiger partial charge < -0.3 is 5.11 Å². The quantitative estimate of drug-likeness (QED) is 0.830. The van der Waals surface area contributed by atoms with E-state index in [0.29, 0.717) is 22.2 Å². The molecule has 6 heteroatoms. The molecule has 0 atom stereocenters. The topological polar surface area (TPSA) is 63.8 Å². The summed E-state index contributed by atoms with van der Waals surface area (Å²) in [5, 5.41) is 13.7. The average Bonchev–Trinajstić information content (AvgIpc) is 2.55. The third kappa shape index (κ3) is 1.71. The van der Waals surface area contributed by atoms with Gasteiger partial charge in [-0.05, 0) is 6.92 Å². The minimum Gasteiger partial charge on any atom is -0.391 e. The highest BCUT2D eigenvalue weighted by Gasteiger charge is 2.13. The van der Waals surface area contributed by atoms with Gasteiger partial charge in [0.2, 0.25) is 0 Å². The molecule has 0 aliphatic carbocycles. The molecule has 0 amide bonds. The highest BCUT2D eigenvalue weighted by atomic mass is 35.5. The first-order chi connectivity index (χ1) is 7.24. The van der Waals surface area contributed by atoms with Crippen molar-refractivity contribution in [2.45, 2.75) is 13.5 Å².